The highest BCUT2D eigenvalue weighted by atomic mass is 32.2. The summed E-state index contributed by atoms with van der Waals surface area (Å²) in [5.74, 6) is -0.132. The van der Waals surface area contributed by atoms with E-state index in [1.165, 1.54) is 0 Å². The van der Waals surface area contributed by atoms with Crippen LogP contribution >= 0.6 is 11.8 Å². The maximum atomic E-state index is 13.0. The van der Waals surface area contributed by atoms with Gasteiger partial charge < -0.3 is 20.3 Å². The van der Waals surface area contributed by atoms with Gasteiger partial charge in [0, 0.05) is 24.5 Å². The van der Waals surface area contributed by atoms with E-state index in [9.17, 15) is 14.4 Å². The zero-order chi connectivity index (χ0) is 20.5. The number of carbonyl (C=O) groups is 3. The van der Waals surface area contributed by atoms with Gasteiger partial charge >= 0.3 is 0 Å². The Morgan fingerprint density at radius 1 is 1.31 bits per heavy atom. The molecule has 3 aliphatic heterocycles. The molecule has 29 heavy (non-hydrogen) atoms. The molecular formula is C21H27N3O4S. The van der Waals surface area contributed by atoms with Crippen LogP contribution in [0.1, 0.15) is 48.0 Å². The van der Waals surface area contributed by atoms with E-state index in [-0.39, 0.29) is 35.1 Å². The monoisotopic (exact) mass is 417 g/mol. The summed E-state index contributed by atoms with van der Waals surface area (Å²) in [4.78, 5) is 40.2. The van der Waals surface area contributed by atoms with Crippen molar-refractivity contribution in [2.45, 2.75) is 50.3 Å². The second-order valence-electron chi connectivity index (χ2n) is 8.11. The van der Waals surface area contributed by atoms with Crippen molar-refractivity contribution in [3.63, 3.8) is 0 Å². The van der Waals surface area contributed by atoms with Gasteiger partial charge in [-0.2, -0.15) is 0 Å². The van der Waals surface area contributed by atoms with Crippen LogP contribution in [-0.2, 0) is 14.3 Å². The molecule has 4 rings (SSSR count). The summed E-state index contributed by atoms with van der Waals surface area (Å²) >= 11 is 1.59. The van der Waals surface area contributed by atoms with Gasteiger partial charge in [0.15, 0.2) is 0 Å². The average molecular weight is 418 g/mol. The fourth-order valence-electron chi connectivity index (χ4n) is 4.16. The highest BCUT2D eigenvalue weighted by molar-refractivity contribution is 7.99. The van der Waals surface area contributed by atoms with Crippen LogP contribution in [0.5, 0.6) is 0 Å². The highest BCUT2D eigenvalue weighted by Crippen LogP contribution is 2.48. The van der Waals surface area contributed by atoms with Crippen molar-refractivity contribution < 1.29 is 19.1 Å². The highest BCUT2D eigenvalue weighted by Gasteiger charge is 2.48. The maximum absolute atomic E-state index is 13.0. The quantitative estimate of drug-likeness (QED) is 0.736. The molecule has 2 saturated heterocycles. The van der Waals surface area contributed by atoms with Gasteiger partial charge in [-0.3, -0.25) is 14.4 Å². The van der Waals surface area contributed by atoms with Crippen molar-refractivity contribution in [1.29, 1.82) is 0 Å². The van der Waals surface area contributed by atoms with Gasteiger partial charge in [0.2, 0.25) is 11.8 Å². The summed E-state index contributed by atoms with van der Waals surface area (Å²) in [7, 11) is 0. The molecule has 3 amide bonds. The zero-order valence-corrected chi connectivity index (χ0v) is 17.5. The van der Waals surface area contributed by atoms with Gasteiger partial charge in [0.1, 0.15) is 17.5 Å². The third-order valence-corrected chi connectivity index (χ3v) is 7.07. The number of hydrogen-bond donors (Lipinski definition) is 2. The molecule has 2 N–H and O–H groups in total. The lowest BCUT2D eigenvalue weighted by atomic mass is 10.0. The van der Waals surface area contributed by atoms with E-state index in [2.05, 4.69) is 10.6 Å². The molecule has 2 fully saturated rings. The summed E-state index contributed by atoms with van der Waals surface area (Å²) in [5.41, 5.74) is 1.63. The minimum Gasteiger partial charge on any atom is -0.376 e. The Bertz CT molecular complexity index is 809. The van der Waals surface area contributed by atoms with Gasteiger partial charge in [-0.1, -0.05) is 32.0 Å². The number of ether oxygens (including phenoxy) is 1. The van der Waals surface area contributed by atoms with Crippen molar-refractivity contribution in [1.82, 2.24) is 15.5 Å². The summed E-state index contributed by atoms with van der Waals surface area (Å²) in [6.07, 6.45) is 2.00. The number of rotatable bonds is 6. The smallest absolute Gasteiger partial charge is 0.256 e. The first-order chi connectivity index (χ1) is 14.0. The number of amides is 3. The summed E-state index contributed by atoms with van der Waals surface area (Å²) < 4.78 is 5.55. The number of nitrogens with one attached hydrogen (secondary N) is 2. The van der Waals surface area contributed by atoms with Crippen molar-refractivity contribution in [3.8, 4) is 0 Å². The van der Waals surface area contributed by atoms with Gasteiger partial charge in [0.05, 0.1) is 6.10 Å². The van der Waals surface area contributed by atoms with Crippen LogP contribution in [0.15, 0.2) is 24.3 Å². The molecule has 1 aromatic carbocycles. The first-order valence-corrected chi connectivity index (χ1v) is 11.2. The lowest BCUT2D eigenvalue weighted by Crippen LogP contribution is -2.55. The summed E-state index contributed by atoms with van der Waals surface area (Å²) in [5, 5.41) is 5.68. The van der Waals surface area contributed by atoms with E-state index < -0.39 is 12.1 Å². The molecule has 3 aliphatic rings. The number of fused-ring (bicyclic) bond motifs is 3. The Morgan fingerprint density at radius 2 is 2.10 bits per heavy atom. The van der Waals surface area contributed by atoms with Crippen molar-refractivity contribution in [3.05, 3.63) is 35.4 Å². The van der Waals surface area contributed by atoms with Crippen LogP contribution in [0, 0.1) is 5.92 Å². The van der Waals surface area contributed by atoms with Gasteiger partial charge in [-0.15, -0.1) is 11.8 Å². The van der Waals surface area contributed by atoms with E-state index in [1.54, 1.807) is 22.7 Å². The molecule has 0 aromatic heterocycles. The lowest BCUT2D eigenvalue weighted by molar-refractivity contribution is -0.132. The zero-order valence-electron chi connectivity index (χ0n) is 16.7. The van der Waals surface area contributed by atoms with Crippen LogP contribution < -0.4 is 10.6 Å². The number of nitrogens with zero attached hydrogens (tertiary/aromatic N) is 1. The summed E-state index contributed by atoms with van der Waals surface area (Å²) in [6, 6.07) is 6.29. The largest absolute Gasteiger partial charge is 0.376 e. The molecule has 3 heterocycles. The Morgan fingerprint density at radius 3 is 2.83 bits per heavy atom. The van der Waals surface area contributed by atoms with Gasteiger partial charge in [-0.05, 0) is 30.4 Å². The molecule has 4 atom stereocenters. The lowest BCUT2D eigenvalue weighted by Gasteiger charge is -2.27. The molecule has 0 saturated carbocycles. The molecule has 0 radical (unpaired) electrons. The van der Waals surface area contributed by atoms with E-state index in [0.717, 1.165) is 25.0 Å². The fraction of sp³-hybridized carbons (Fsp3) is 0.571. The van der Waals surface area contributed by atoms with Gasteiger partial charge in [0.25, 0.3) is 5.91 Å². The standard InChI is InChI=1S/C21H27N3O4S/c1-12(2)17(19(26)22-10-13-6-5-9-28-13)23-18(25)16-11-29-21-15-8-4-3-7-14(15)20(27)24(16)21/h3-4,7-8,12-13,16-17,21H,5-6,9-11H2,1-2H3,(H,22,26)(H,23,25)/t13-,16-,17-,21-/m0/s1. The van der Waals surface area contributed by atoms with Crippen LogP contribution in [0.4, 0.5) is 0 Å². The summed E-state index contributed by atoms with van der Waals surface area (Å²) in [6.45, 7) is 5.00. The molecule has 0 bridgehead atoms. The first-order valence-electron chi connectivity index (χ1n) is 10.2. The van der Waals surface area contributed by atoms with Gasteiger partial charge in [-0.25, -0.2) is 0 Å². The number of thioether (sulfide) groups is 1. The molecule has 8 heteroatoms. The molecule has 0 unspecified atom stereocenters. The topological polar surface area (TPSA) is 87.7 Å². The molecule has 0 aliphatic carbocycles. The van der Waals surface area contributed by atoms with Crippen molar-refractivity contribution in [2.24, 2.45) is 5.92 Å². The van der Waals surface area contributed by atoms with E-state index in [1.807, 2.05) is 32.0 Å². The van der Waals surface area contributed by atoms with E-state index >= 15 is 0 Å². The predicted octanol–water partition coefficient (Wildman–Crippen LogP) is 1.69. The Kier molecular flexibility index (Phi) is 5.83. The van der Waals surface area contributed by atoms with Crippen molar-refractivity contribution >= 4 is 29.5 Å². The predicted molar refractivity (Wildman–Crippen MR) is 110 cm³/mol. The minimum absolute atomic E-state index is 0.0511. The van der Waals surface area contributed by atoms with Crippen LogP contribution in [0.3, 0.4) is 0 Å². The Labute approximate surface area is 174 Å². The first kappa shape index (κ1) is 20.2. The number of benzene rings is 1. The van der Waals surface area contributed by atoms with E-state index in [0.29, 0.717) is 17.9 Å². The normalized spacial score (nSPS) is 26.4. The maximum Gasteiger partial charge on any atom is 0.256 e. The number of hydrogen-bond acceptors (Lipinski definition) is 5. The fourth-order valence-corrected chi connectivity index (χ4v) is 5.62. The van der Waals surface area contributed by atoms with Crippen LogP contribution in [0.2, 0.25) is 0 Å². The van der Waals surface area contributed by atoms with E-state index in [4.69, 9.17) is 4.74 Å². The second kappa shape index (κ2) is 8.36. The second-order valence-corrected chi connectivity index (χ2v) is 9.22. The molecule has 1 aromatic rings. The SMILES string of the molecule is CC(C)[C@H](NC(=O)[C@@H]1CS[C@H]2c3ccccc3C(=O)N12)C(=O)NC[C@@H]1CCCO1. The Hall–Kier alpha value is -2.06. The van der Waals surface area contributed by atoms with Crippen molar-refractivity contribution in [2.75, 3.05) is 18.9 Å². The van der Waals surface area contributed by atoms with Crippen LogP contribution in [-0.4, -0.2) is 59.7 Å². The number of carbonyl (C=O) groups excluding carboxylic acids is 3. The molecule has 0 spiro atoms. The molecule has 156 valence electrons. The molecule has 7 nitrogen and oxygen atoms in total. The average Bonchev–Trinajstić information content (AvgIpc) is 3.43. The molecular weight excluding hydrogens is 390 g/mol. The minimum atomic E-state index is -0.645. The third-order valence-electron chi connectivity index (χ3n) is 5.77. The van der Waals surface area contributed by atoms with Crippen LogP contribution in [0.25, 0.3) is 0 Å². The Balaban J connectivity index is 1.41. The third kappa shape index (κ3) is 3.88.